The summed E-state index contributed by atoms with van der Waals surface area (Å²) in [5, 5.41) is 4.20. The highest BCUT2D eigenvalue weighted by atomic mass is 16.5. The molecule has 3 heterocycles. The van der Waals surface area contributed by atoms with Gasteiger partial charge in [0, 0.05) is 37.5 Å². The third kappa shape index (κ3) is 3.26. The van der Waals surface area contributed by atoms with Crippen LogP contribution in [0.5, 0.6) is 0 Å². The van der Waals surface area contributed by atoms with E-state index in [1.807, 2.05) is 17.0 Å². The maximum atomic E-state index is 12.8. The predicted octanol–water partition coefficient (Wildman–Crippen LogP) is 3.69. The molecule has 2 aromatic heterocycles. The zero-order valence-electron chi connectivity index (χ0n) is 16.4. The third-order valence-corrected chi connectivity index (χ3v) is 6.63. The summed E-state index contributed by atoms with van der Waals surface area (Å²) in [6, 6.07) is 3.80. The van der Waals surface area contributed by atoms with Crippen molar-refractivity contribution in [1.29, 1.82) is 0 Å². The fourth-order valence-corrected chi connectivity index (χ4v) is 4.51. The highest BCUT2D eigenvalue weighted by Crippen LogP contribution is 2.50. The SMILES string of the molecule is CC(C)C(C)CC(=O)N1C[C@H]2CCC[C@@]2(c2nc(-c3cccnc3)no2)C1. The molecular formula is C21H28N4O2. The lowest BCUT2D eigenvalue weighted by molar-refractivity contribution is -0.131. The van der Waals surface area contributed by atoms with Crippen LogP contribution in [0.3, 0.4) is 0 Å². The number of carbonyl (C=O) groups excluding carboxylic acids is 1. The van der Waals surface area contributed by atoms with E-state index < -0.39 is 0 Å². The Bertz CT molecular complexity index is 804. The lowest BCUT2D eigenvalue weighted by Crippen LogP contribution is -2.35. The Morgan fingerprint density at radius 3 is 3.00 bits per heavy atom. The topological polar surface area (TPSA) is 72.1 Å². The average Bonchev–Trinajstić information content (AvgIpc) is 3.36. The molecule has 1 aliphatic heterocycles. The van der Waals surface area contributed by atoms with Gasteiger partial charge in [-0.1, -0.05) is 32.3 Å². The number of likely N-dealkylation sites (tertiary alicyclic amines) is 1. The van der Waals surface area contributed by atoms with Gasteiger partial charge in [0.2, 0.25) is 17.6 Å². The summed E-state index contributed by atoms with van der Waals surface area (Å²) in [5.41, 5.74) is 0.680. The summed E-state index contributed by atoms with van der Waals surface area (Å²) in [6.07, 6.45) is 7.37. The molecule has 0 N–H and O–H groups in total. The first-order chi connectivity index (χ1) is 13.0. The van der Waals surface area contributed by atoms with E-state index in [2.05, 4.69) is 30.9 Å². The molecule has 0 bridgehead atoms. The van der Waals surface area contributed by atoms with Crippen molar-refractivity contribution in [3.63, 3.8) is 0 Å². The van der Waals surface area contributed by atoms with Crippen molar-refractivity contribution in [2.45, 2.75) is 51.9 Å². The van der Waals surface area contributed by atoms with Crippen LogP contribution in [0.25, 0.3) is 11.4 Å². The molecule has 144 valence electrons. The first-order valence-corrected chi connectivity index (χ1v) is 10.0. The minimum atomic E-state index is -0.176. The average molecular weight is 368 g/mol. The smallest absolute Gasteiger partial charge is 0.235 e. The number of carbonyl (C=O) groups is 1. The van der Waals surface area contributed by atoms with E-state index in [4.69, 9.17) is 9.51 Å². The van der Waals surface area contributed by atoms with Gasteiger partial charge >= 0.3 is 0 Å². The predicted molar refractivity (Wildman–Crippen MR) is 102 cm³/mol. The van der Waals surface area contributed by atoms with Gasteiger partial charge in [-0.15, -0.1) is 0 Å². The van der Waals surface area contributed by atoms with E-state index >= 15 is 0 Å². The highest BCUT2D eigenvalue weighted by Gasteiger charge is 2.55. The summed E-state index contributed by atoms with van der Waals surface area (Å²) in [4.78, 5) is 23.7. The van der Waals surface area contributed by atoms with Crippen molar-refractivity contribution < 1.29 is 9.32 Å². The van der Waals surface area contributed by atoms with Crippen LogP contribution in [0.1, 0.15) is 52.3 Å². The summed E-state index contributed by atoms with van der Waals surface area (Å²) in [7, 11) is 0. The van der Waals surface area contributed by atoms with Gasteiger partial charge in [0.25, 0.3) is 0 Å². The number of rotatable bonds is 5. The monoisotopic (exact) mass is 368 g/mol. The van der Waals surface area contributed by atoms with Crippen molar-refractivity contribution in [3.8, 4) is 11.4 Å². The second kappa shape index (κ2) is 7.06. The Hall–Kier alpha value is -2.24. The lowest BCUT2D eigenvalue weighted by atomic mass is 9.80. The van der Waals surface area contributed by atoms with E-state index in [0.29, 0.717) is 42.4 Å². The quantitative estimate of drug-likeness (QED) is 0.805. The van der Waals surface area contributed by atoms with Crippen LogP contribution < -0.4 is 0 Å². The van der Waals surface area contributed by atoms with E-state index in [-0.39, 0.29) is 11.3 Å². The van der Waals surface area contributed by atoms with Crippen molar-refractivity contribution in [3.05, 3.63) is 30.4 Å². The standard InChI is InChI=1S/C21H28N4O2/c1-14(2)15(3)10-18(26)25-12-17-7-4-8-21(17,13-25)20-23-19(24-27-20)16-6-5-9-22-11-16/h5-6,9,11,14-15,17H,4,7-8,10,12-13H2,1-3H3/t15?,17-,21-/m1/s1. The highest BCUT2D eigenvalue weighted by molar-refractivity contribution is 5.77. The normalized spacial score (nSPS) is 25.8. The summed E-state index contributed by atoms with van der Waals surface area (Å²) in [5.74, 6) is 2.86. The Balaban J connectivity index is 1.55. The molecule has 1 saturated heterocycles. The van der Waals surface area contributed by atoms with Gasteiger partial charge in [-0.2, -0.15) is 4.98 Å². The van der Waals surface area contributed by atoms with Crippen LogP contribution in [0.15, 0.2) is 29.0 Å². The van der Waals surface area contributed by atoms with Gasteiger partial charge in [0.1, 0.15) is 0 Å². The van der Waals surface area contributed by atoms with E-state index in [9.17, 15) is 4.79 Å². The first-order valence-electron chi connectivity index (χ1n) is 10.0. The number of fused-ring (bicyclic) bond motifs is 1. The summed E-state index contributed by atoms with van der Waals surface area (Å²) < 4.78 is 5.73. The molecule has 0 radical (unpaired) electrons. The zero-order chi connectivity index (χ0) is 19.0. The van der Waals surface area contributed by atoms with Gasteiger partial charge in [0.15, 0.2) is 0 Å². The van der Waals surface area contributed by atoms with Crippen molar-refractivity contribution >= 4 is 5.91 Å². The Labute approximate surface area is 160 Å². The van der Waals surface area contributed by atoms with Gasteiger partial charge in [-0.25, -0.2) is 0 Å². The van der Waals surface area contributed by atoms with Crippen LogP contribution in [-0.2, 0) is 10.2 Å². The fourth-order valence-electron chi connectivity index (χ4n) is 4.51. The largest absolute Gasteiger partial charge is 0.341 e. The molecule has 1 saturated carbocycles. The third-order valence-electron chi connectivity index (χ3n) is 6.63. The van der Waals surface area contributed by atoms with E-state index in [1.165, 1.54) is 0 Å². The molecule has 1 unspecified atom stereocenters. The molecular weight excluding hydrogens is 340 g/mol. The van der Waals surface area contributed by atoms with Gasteiger partial charge < -0.3 is 9.42 Å². The molecule has 6 heteroatoms. The second-order valence-corrected chi connectivity index (χ2v) is 8.61. The number of hydrogen-bond acceptors (Lipinski definition) is 5. The summed E-state index contributed by atoms with van der Waals surface area (Å²) in [6.45, 7) is 8.03. The molecule has 0 spiro atoms. The van der Waals surface area contributed by atoms with Crippen molar-refractivity contribution in [1.82, 2.24) is 20.0 Å². The molecule has 6 nitrogen and oxygen atoms in total. The molecule has 27 heavy (non-hydrogen) atoms. The molecule has 1 amide bonds. The molecule has 2 fully saturated rings. The maximum absolute atomic E-state index is 12.8. The zero-order valence-corrected chi connectivity index (χ0v) is 16.4. The lowest BCUT2D eigenvalue weighted by Gasteiger charge is -2.25. The molecule has 0 aromatic carbocycles. The van der Waals surface area contributed by atoms with Crippen LogP contribution in [0.4, 0.5) is 0 Å². The molecule has 2 aliphatic rings. The molecule has 1 aliphatic carbocycles. The maximum Gasteiger partial charge on any atom is 0.235 e. The fraction of sp³-hybridized carbons (Fsp3) is 0.619. The van der Waals surface area contributed by atoms with Crippen LogP contribution >= 0.6 is 0 Å². The number of pyridine rings is 1. The molecule has 3 atom stereocenters. The minimum absolute atomic E-state index is 0.176. The number of nitrogens with zero attached hydrogens (tertiary/aromatic N) is 4. The Morgan fingerprint density at radius 2 is 2.26 bits per heavy atom. The number of hydrogen-bond donors (Lipinski definition) is 0. The van der Waals surface area contributed by atoms with Gasteiger partial charge in [-0.3, -0.25) is 9.78 Å². The van der Waals surface area contributed by atoms with Crippen molar-refractivity contribution in [2.75, 3.05) is 13.1 Å². The van der Waals surface area contributed by atoms with Crippen LogP contribution in [0, 0.1) is 17.8 Å². The first kappa shape index (κ1) is 18.1. The summed E-state index contributed by atoms with van der Waals surface area (Å²) >= 11 is 0. The minimum Gasteiger partial charge on any atom is -0.341 e. The van der Waals surface area contributed by atoms with Crippen LogP contribution in [-0.4, -0.2) is 39.0 Å². The van der Waals surface area contributed by atoms with E-state index in [1.54, 1.807) is 12.4 Å². The number of amides is 1. The Morgan fingerprint density at radius 1 is 1.41 bits per heavy atom. The van der Waals surface area contributed by atoms with E-state index in [0.717, 1.165) is 31.4 Å². The second-order valence-electron chi connectivity index (χ2n) is 8.61. The van der Waals surface area contributed by atoms with Crippen LogP contribution in [0.2, 0.25) is 0 Å². The van der Waals surface area contributed by atoms with Gasteiger partial charge in [0.05, 0.1) is 5.41 Å². The molecule has 4 rings (SSSR count). The Kier molecular flexibility index (Phi) is 4.74. The van der Waals surface area contributed by atoms with Gasteiger partial charge in [-0.05, 0) is 42.7 Å². The van der Waals surface area contributed by atoms with Crippen molar-refractivity contribution in [2.24, 2.45) is 17.8 Å². The molecule has 2 aromatic rings. The number of aromatic nitrogens is 3.